The SMILES string of the molecule is CCCNC(=O)[C@@H](C)N(Cc1ccccc1F)C(=O)CN(c1cc(Cl)cc(Cl)c1)S(=O)(=O)c1ccccc1. The molecule has 1 N–H and O–H groups in total. The van der Waals surface area contributed by atoms with E-state index in [0.717, 1.165) is 9.21 Å². The summed E-state index contributed by atoms with van der Waals surface area (Å²) in [5, 5.41) is 3.07. The van der Waals surface area contributed by atoms with Crippen molar-refractivity contribution in [3.63, 3.8) is 0 Å². The van der Waals surface area contributed by atoms with Gasteiger partial charge < -0.3 is 10.2 Å². The molecule has 3 aromatic rings. The van der Waals surface area contributed by atoms with Gasteiger partial charge in [0, 0.05) is 28.7 Å². The Balaban J connectivity index is 2.05. The second-order valence-electron chi connectivity index (χ2n) is 8.53. The Hall–Kier alpha value is -3.14. The highest BCUT2D eigenvalue weighted by molar-refractivity contribution is 7.92. The van der Waals surface area contributed by atoms with Crippen LogP contribution in [0.1, 0.15) is 25.8 Å². The van der Waals surface area contributed by atoms with Gasteiger partial charge in [-0.1, -0.05) is 66.5 Å². The molecule has 0 saturated carbocycles. The van der Waals surface area contributed by atoms with Crippen molar-refractivity contribution in [1.29, 1.82) is 0 Å². The second-order valence-corrected chi connectivity index (χ2v) is 11.3. The maximum absolute atomic E-state index is 14.5. The Morgan fingerprint density at radius 3 is 2.18 bits per heavy atom. The quantitative estimate of drug-likeness (QED) is 0.335. The number of amides is 2. The zero-order valence-electron chi connectivity index (χ0n) is 20.9. The molecule has 1 atom stereocenters. The minimum absolute atomic E-state index is 0.0571. The van der Waals surface area contributed by atoms with Crippen LogP contribution < -0.4 is 9.62 Å². The Labute approximate surface area is 232 Å². The van der Waals surface area contributed by atoms with Gasteiger partial charge in [-0.15, -0.1) is 0 Å². The van der Waals surface area contributed by atoms with Gasteiger partial charge in [-0.2, -0.15) is 0 Å². The lowest BCUT2D eigenvalue weighted by atomic mass is 10.1. The monoisotopic (exact) mass is 579 g/mol. The summed E-state index contributed by atoms with van der Waals surface area (Å²) >= 11 is 12.3. The highest BCUT2D eigenvalue weighted by Crippen LogP contribution is 2.30. The van der Waals surface area contributed by atoms with E-state index >= 15 is 0 Å². The standard InChI is InChI=1S/C27H28Cl2FN3O4S/c1-3-13-31-27(35)19(2)32(17-20-9-7-8-12-25(20)30)26(34)18-33(23-15-21(28)14-22(29)16-23)38(36,37)24-10-5-4-6-11-24/h4-12,14-16,19H,3,13,17-18H2,1-2H3,(H,31,35)/t19-/m1/s1. The number of hydrogen-bond donors (Lipinski definition) is 1. The molecule has 0 saturated heterocycles. The van der Waals surface area contributed by atoms with Crippen LogP contribution in [0, 0.1) is 5.82 Å². The van der Waals surface area contributed by atoms with Crippen LogP contribution in [-0.4, -0.2) is 44.3 Å². The number of carbonyl (C=O) groups is 2. The number of hydrogen-bond acceptors (Lipinski definition) is 4. The molecule has 0 heterocycles. The molecule has 0 radical (unpaired) electrons. The number of benzene rings is 3. The lowest BCUT2D eigenvalue weighted by Gasteiger charge is -2.32. The van der Waals surface area contributed by atoms with Gasteiger partial charge in [-0.05, 0) is 49.7 Å². The predicted octanol–water partition coefficient (Wildman–Crippen LogP) is 5.27. The summed E-state index contributed by atoms with van der Waals surface area (Å²) in [4.78, 5) is 27.7. The minimum Gasteiger partial charge on any atom is -0.354 e. The molecule has 2 amide bonds. The molecule has 202 valence electrons. The summed E-state index contributed by atoms with van der Waals surface area (Å²) in [6.07, 6.45) is 0.679. The van der Waals surface area contributed by atoms with Crippen LogP contribution >= 0.6 is 23.2 Å². The van der Waals surface area contributed by atoms with Crippen molar-refractivity contribution in [1.82, 2.24) is 10.2 Å². The van der Waals surface area contributed by atoms with E-state index in [9.17, 15) is 22.4 Å². The van der Waals surface area contributed by atoms with Crippen molar-refractivity contribution >= 4 is 50.7 Å². The molecule has 0 fully saturated rings. The Bertz CT molecular complexity index is 1370. The molecular formula is C27H28Cl2FN3O4S. The summed E-state index contributed by atoms with van der Waals surface area (Å²) < 4.78 is 42.8. The molecule has 0 aliphatic rings. The van der Waals surface area contributed by atoms with Crippen LogP contribution in [0.15, 0.2) is 77.7 Å². The fourth-order valence-corrected chi connectivity index (χ4v) is 5.65. The normalized spacial score (nSPS) is 12.0. The number of nitrogens with one attached hydrogen (secondary N) is 1. The third-order valence-corrected chi connectivity index (χ3v) is 7.98. The average molecular weight is 581 g/mol. The van der Waals surface area contributed by atoms with Gasteiger partial charge in [0.25, 0.3) is 10.0 Å². The summed E-state index contributed by atoms with van der Waals surface area (Å²) in [7, 11) is -4.26. The van der Waals surface area contributed by atoms with Gasteiger partial charge >= 0.3 is 0 Å². The lowest BCUT2D eigenvalue weighted by Crippen LogP contribution is -2.51. The molecule has 0 spiro atoms. The third kappa shape index (κ3) is 7.24. The topological polar surface area (TPSA) is 86.8 Å². The average Bonchev–Trinajstić information content (AvgIpc) is 2.89. The zero-order chi connectivity index (χ0) is 27.9. The van der Waals surface area contributed by atoms with Crippen LogP contribution in [-0.2, 0) is 26.2 Å². The van der Waals surface area contributed by atoms with Crippen LogP contribution in [0.25, 0.3) is 0 Å². The van der Waals surface area contributed by atoms with E-state index in [-0.39, 0.29) is 32.7 Å². The second kappa shape index (κ2) is 13.1. The number of rotatable bonds is 11. The molecule has 0 bridgehead atoms. The number of nitrogens with zero attached hydrogens (tertiary/aromatic N) is 2. The van der Waals surface area contributed by atoms with E-state index in [2.05, 4.69) is 5.32 Å². The van der Waals surface area contributed by atoms with Crippen molar-refractivity contribution in [3.05, 3.63) is 94.2 Å². The van der Waals surface area contributed by atoms with Crippen molar-refractivity contribution < 1.29 is 22.4 Å². The molecule has 38 heavy (non-hydrogen) atoms. The van der Waals surface area contributed by atoms with Gasteiger partial charge in [0.05, 0.1) is 10.6 Å². The highest BCUT2D eigenvalue weighted by Gasteiger charge is 2.33. The van der Waals surface area contributed by atoms with Crippen molar-refractivity contribution in [2.45, 2.75) is 37.8 Å². The van der Waals surface area contributed by atoms with Crippen LogP contribution in [0.4, 0.5) is 10.1 Å². The molecule has 0 aromatic heterocycles. The lowest BCUT2D eigenvalue weighted by molar-refractivity contribution is -0.139. The van der Waals surface area contributed by atoms with Crippen molar-refractivity contribution in [3.8, 4) is 0 Å². The zero-order valence-corrected chi connectivity index (χ0v) is 23.2. The van der Waals surface area contributed by atoms with Gasteiger partial charge in [-0.3, -0.25) is 13.9 Å². The molecule has 0 aliphatic carbocycles. The van der Waals surface area contributed by atoms with E-state index in [4.69, 9.17) is 23.2 Å². The summed E-state index contributed by atoms with van der Waals surface area (Å²) in [6.45, 7) is 2.85. The molecule has 7 nitrogen and oxygen atoms in total. The largest absolute Gasteiger partial charge is 0.354 e. The van der Waals surface area contributed by atoms with E-state index in [0.29, 0.717) is 13.0 Å². The highest BCUT2D eigenvalue weighted by atomic mass is 35.5. The summed E-state index contributed by atoms with van der Waals surface area (Å²) in [5.74, 6) is -1.72. The van der Waals surface area contributed by atoms with E-state index in [1.807, 2.05) is 6.92 Å². The number of anilines is 1. The molecule has 11 heteroatoms. The van der Waals surface area contributed by atoms with E-state index in [1.54, 1.807) is 24.3 Å². The molecule has 3 rings (SSSR count). The van der Waals surface area contributed by atoms with E-state index < -0.39 is 40.2 Å². The third-order valence-electron chi connectivity index (χ3n) is 5.76. The fraction of sp³-hybridized carbons (Fsp3) is 0.259. The molecular weight excluding hydrogens is 552 g/mol. The number of sulfonamides is 1. The fourth-order valence-electron chi connectivity index (χ4n) is 3.72. The summed E-state index contributed by atoms with van der Waals surface area (Å²) in [6, 6.07) is 16.6. The van der Waals surface area contributed by atoms with Crippen LogP contribution in [0.5, 0.6) is 0 Å². The number of carbonyl (C=O) groups excluding carboxylic acids is 2. The molecule has 0 aliphatic heterocycles. The molecule has 3 aromatic carbocycles. The number of halogens is 3. The van der Waals surface area contributed by atoms with E-state index in [1.165, 1.54) is 55.5 Å². The molecule has 0 unspecified atom stereocenters. The first-order valence-electron chi connectivity index (χ1n) is 11.9. The van der Waals surface area contributed by atoms with Crippen LogP contribution in [0.3, 0.4) is 0 Å². The van der Waals surface area contributed by atoms with Gasteiger partial charge in [0.1, 0.15) is 18.4 Å². The van der Waals surface area contributed by atoms with Gasteiger partial charge in [-0.25, -0.2) is 12.8 Å². The first-order chi connectivity index (χ1) is 18.0. The van der Waals surface area contributed by atoms with Crippen molar-refractivity contribution in [2.75, 3.05) is 17.4 Å². The summed E-state index contributed by atoms with van der Waals surface area (Å²) in [5.41, 5.74) is 0.243. The van der Waals surface area contributed by atoms with Crippen molar-refractivity contribution in [2.24, 2.45) is 0 Å². The van der Waals surface area contributed by atoms with Gasteiger partial charge in [0.15, 0.2) is 0 Å². The van der Waals surface area contributed by atoms with Gasteiger partial charge in [0.2, 0.25) is 11.8 Å². The smallest absolute Gasteiger partial charge is 0.264 e. The Morgan fingerprint density at radius 2 is 1.58 bits per heavy atom. The Morgan fingerprint density at radius 1 is 0.974 bits per heavy atom. The first-order valence-corrected chi connectivity index (χ1v) is 14.1. The maximum Gasteiger partial charge on any atom is 0.264 e. The predicted molar refractivity (Wildman–Crippen MR) is 147 cm³/mol. The Kier molecular flexibility index (Phi) is 10.1. The minimum atomic E-state index is -4.26. The van der Waals surface area contributed by atoms with Crippen LogP contribution in [0.2, 0.25) is 10.0 Å². The first kappa shape index (κ1) is 29.4. The maximum atomic E-state index is 14.5.